The van der Waals surface area contributed by atoms with E-state index in [2.05, 4.69) is 22.2 Å². The van der Waals surface area contributed by atoms with Crippen LogP contribution >= 0.6 is 0 Å². The Balaban J connectivity index is 2.39. The Labute approximate surface area is 115 Å². The zero-order valence-electron chi connectivity index (χ0n) is 10.7. The van der Waals surface area contributed by atoms with E-state index in [0.29, 0.717) is 12.8 Å². The van der Waals surface area contributed by atoms with Gasteiger partial charge in [0, 0.05) is 6.61 Å². The van der Waals surface area contributed by atoms with Gasteiger partial charge in [-0.05, 0) is 24.7 Å². The van der Waals surface area contributed by atoms with Crippen molar-refractivity contribution in [3.63, 3.8) is 0 Å². The highest BCUT2D eigenvalue weighted by Crippen LogP contribution is 2.35. The maximum Gasteiger partial charge on any atom is 0.272 e. The van der Waals surface area contributed by atoms with E-state index in [0.717, 1.165) is 0 Å². The number of hydrogen-bond donors (Lipinski definition) is 4. The van der Waals surface area contributed by atoms with Gasteiger partial charge in [0.25, 0.3) is 5.91 Å². The minimum Gasteiger partial charge on any atom is -0.396 e. The maximum absolute atomic E-state index is 11.3. The molecule has 1 heterocycles. The summed E-state index contributed by atoms with van der Waals surface area (Å²) in [5.74, 6) is 4.20. The van der Waals surface area contributed by atoms with Crippen molar-refractivity contribution in [2.45, 2.75) is 25.0 Å². The minimum atomic E-state index is -0.773. The summed E-state index contributed by atoms with van der Waals surface area (Å²) >= 11 is 0. The molecule has 20 heavy (non-hydrogen) atoms. The Bertz CT molecular complexity index is 560. The van der Waals surface area contributed by atoms with Gasteiger partial charge in [-0.2, -0.15) is 0 Å². The van der Waals surface area contributed by atoms with Crippen molar-refractivity contribution in [1.82, 2.24) is 15.0 Å². The molecule has 1 aromatic rings. The quantitative estimate of drug-likeness (QED) is 0.474. The van der Waals surface area contributed by atoms with E-state index in [9.17, 15) is 9.90 Å². The summed E-state index contributed by atoms with van der Waals surface area (Å²) in [5.41, 5.74) is 5.28. The molecule has 0 bridgehead atoms. The van der Waals surface area contributed by atoms with Crippen LogP contribution < -0.4 is 5.73 Å². The predicted molar refractivity (Wildman–Crippen MR) is 67.4 cm³/mol. The Hall–Kier alpha value is -1.95. The Morgan fingerprint density at radius 3 is 2.75 bits per heavy atom. The maximum atomic E-state index is 11.3. The van der Waals surface area contributed by atoms with Crippen LogP contribution in [0.15, 0.2) is 0 Å². The van der Waals surface area contributed by atoms with Crippen LogP contribution in [0, 0.1) is 17.8 Å². The molecule has 1 fully saturated rings. The summed E-state index contributed by atoms with van der Waals surface area (Å²) in [6, 6.07) is -0.421. The zero-order chi connectivity index (χ0) is 14.7. The smallest absolute Gasteiger partial charge is 0.272 e. The van der Waals surface area contributed by atoms with Gasteiger partial charge in [0.1, 0.15) is 12.3 Å². The number of carbonyl (C=O) groups excluding carboxylic acids is 1. The molecule has 1 amide bonds. The molecular formula is C12H16N4O4. The van der Waals surface area contributed by atoms with Crippen molar-refractivity contribution in [3.8, 4) is 11.8 Å². The number of carbonyl (C=O) groups is 1. The van der Waals surface area contributed by atoms with Crippen LogP contribution in [0.2, 0.25) is 0 Å². The van der Waals surface area contributed by atoms with Gasteiger partial charge in [0.15, 0.2) is 5.69 Å². The highest BCUT2D eigenvalue weighted by molar-refractivity contribution is 5.92. The van der Waals surface area contributed by atoms with Crippen LogP contribution in [-0.4, -0.2) is 55.5 Å². The van der Waals surface area contributed by atoms with Crippen molar-refractivity contribution >= 4 is 5.91 Å². The standard InChI is InChI=1S/C12H16N4O4/c13-12(20)11-8(2-1-3-17)16(15-14-11)9-4-7(6-18)5-10(9)19/h7,9-10,17-19H,3-6H2,(H2,13,20)/t7-,9+,10+/m0/s1. The van der Waals surface area contributed by atoms with E-state index in [1.54, 1.807) is 0 Å². The van der Waals surface area contributed by atoms with Gasteiger partial charge >= 0.3 is 0 Å². The molecule has 1 saturated carbocycles. The largest absolute Gasteiger partial charge is 0.396 e. The lowest BCUT2D eigenvalue weighted by Gasteiger charge is -2.15. The summed E-state index contributed by atoms with van der Waals surface area (Å²) in [6.07, 6.45) is 0.247. The van der Waals surface area contributed by atoms with Crippen LogP contribution in [0.1, 0.15) is 35.1 Å². The second-order valence-electron chi connectivity index (χ2n) is 4.71. The Kier molecular flexibility index (Phi) is 4.34. The van der Waals surface area contributed by atoms with Gasteiger partial charge in [-0.25, -0.2) is 4.68 Å². The fraction of sp³-hybridized carbons (Fsp3) is 0.583. The minimum absolute atomic E-state index is 0.0252. The van der Waals surface area contributed by atoms with Crippen molar-refractivity contribution in [1.29, 1.82) is 0 Å². The lowest BCUT2D eigenvalue weighted by molar-refractivity contribution is 0.0994. The molecule has 0 radical (unpaired) electrons. The molecule has 8 heteroatoms. The number of aliphatic hydroxyl groups excluding tert-OH is 3. The first-order valence-electron chi connectivity index (χ1n) is 6.22. The second kappa shape index (κ2) is 6.00. The van der Waals surface area contributed by atoms with Gasteiger partial charge in [-0.1, -0.05) is 11.1 Å². The predicted octanol–water partition coefficient (Wildman–Crippen LogP) is -1.97. The Morgan fingerprint density at radius 1 is 1.45 bits per heavy atom. The van der Waals surface area contributed by atoms with Crippen molar-refractivity contribution in [2.24, 2.45) is 11.7 Å². The third-order valence-electron chi connectivity index (χ3n) is 3.38. The molecule has 5 N–H and O–H groups in total. The molecule has 1 aromatic heterocycles. The summed E-state index contributed by atoms with van der Waals surface area (Å²) in [6.45, 7) is -0.404. The summed E-state index contributed by atoms with van der Waals surface area (Å²) in [4.78, 5) is 11.3. The van der Waals surface area contributed by atoms with Crippen LogP contribution in [0.4, 0.5) is 0 Å². The molecular weight excluding hydrogens is 264 g/mol. The van der Waals surface area contributed by atoms with Gasteiger partial charge < -0.3 is 21.1 Å². The SMILES string of the molecule is NC(=O)c1nnn([C@@H]2C[C@H](CO)C[C@H]2O)c1C#CCO. The van der Waals surface area contributed by atoms with Crippen molar-refractivity contribution in [2.75, 3.05) is 13.2 Å². The van der Waals surface area contributed by atoms with Crippen LogP contribution in [0.5, 0.6) is 0 Å². The highest BCUT2D eigenvalue weighted by atomic mass is 16.3. The molecule has 1 aliphatic carbocycles. The molecule has 0 spiro atoms. The first-order valence-corrected chi connectivity index (χ1v) is 6.22. The molecule has 8 nitrogen and oxygen atoms in total. The Morgan fingerprint density at radius 2 is 2.20 bits per heavy atom. The molecule has 0 unspecified atom stereocenters. The fourth-order valence-electron chi connectivity index (χ4n) is 2.44. The highest BCUT2D eigenvalue weighted by Gasteiger charge is 2.36. The summed E-state index contributed by atoms with van der Waals surface area (Å²) in [7, 11) is 0. The molecule has 0 saturated heterocycles. The van der Waals surface area contributed by atoms with Crippen LogP contribution in [0.25, 0.3) is 0 Å². The van der Waals surface area contributed by atoms with Crippen molar-refractivity contribution in [3.05, 3.63) is 11.4 Å². The number of hydrogen-bond acceptors (Lipinski definition) is 6. The second-order valence-corrected chi connectivity index (χ2v) is 4.71. The number of nitrogens with zero attached hydrogens (tertiary/aromatic N) is 3. The summed E-state index contributed by atoms with van der Waals surface area (Å²) in [5, 5.41) is 35.5. The van der Waals surface area contributed by atoms with E-state index < -0.39 is 18.1 Å². The number of primary amides is 1. The average molecular weight is 280 g/mol. The number of nitrogens with two attached hydrogens (primary N) is 1. The number of aliphatic hydroxyl groups is 3. The van der Waals surface area contributed by atoms with Crippen LogP contribution in [-0.2, 0) is 0 Å². The van der Waals surface area contributed by atoms with Gasteiger partial charge in [0.05, 0.1) is 12.1 Å². The molecule has 2 rings (SSSR count). The third-order valence-corrected chi connectivity index (χ3v) is 3.38. The monoisotopic (exact) mass is 280 g/mol. The average Bonchev–Trinajstić information content (AvgIpc) is 2.99. The van der Waals surface area contributed by atoms with Crippen molar-refractivity contribution < 1.29 is 20.1 Å². The van der Waals surface area contributed by atoms with E-state index in [1.165, 1.54) is 4.68 Å². The first kappa shape index (κ1) is 14.5. The molecule has 108 valence electrons. The molecule has 0 aliphatic heterocycles. The van der Waals surface area contributed by atoms with Crippen LogP contribution in [0.3, 0.4) is 0 Å². The van der Waals surface area contributed by atoms with Gasteiger partial charge in [0.2, 0.25) is 0 Å². The fourth-order valence-corrected chi connectivity index (χ4v) is 2.44. The van der Waals surface area contributed by atoms with Gasteiger partial charge in [-0.15, -0.1) is 5.10 Å². The number of rotatable bonds is 3. The van der Waals surface area contributed by atoms with E-state index in [-0.39, 0.29) is 30.5 Å². The van der Waals surface area contributed by atoms with E-state index >= 15 is 0 Å². The molecule has 0 aromatic carbocycles. The topological polar surface area (TPSA) is 134 Å². The van der Waals surface area contributed by atoms with E-state index in [4.69, 9.17) is 15.9 Å². The van der Waals surface area contributed by atoms with Gasteiger partial charge in [-0.3, -0.25) is 4.79 Å². The normalized spacial score (nSPS) is 25.2. The van der Waals surface area contributed by atoms with E-state index in [1.807, 2.05) is 0 Å². The third kappa shape index (κ3) is 2.65. The summed E-state index contributed by atoms with van der Waals surface area (Å²) < 4.78 is 1.35. The lowest BCUT2D eigenvalue weighted by Crippen LogP contribution is -2.21. The molecule has 3 atom stereocenters. The molecule has 1 aliphatic rings. The number of aromatic nitrogens is 3. The lowest BCUT2D eigenvalue weighted by atomic mass is 10.1. The first-order chi connectivity index (χ1) is 9.58. The zero-order valence-corrected chi connectivity index (χ0v) is 10.7. The number of amides is 1.